The number of ether oxygens (including phenoxy) is 1. The van der Waals surface area contributed by atoms with Gasteiger partial charge in [0.25, 0.3) is 0 Å². The molecule has 0 aliphatic rings. The summed E-state index contributed by atoms with van der Waals surface area (Å²) in [6, 6.07) is 2.92. The van der Waals surface area contributed by atoms with Crippen molar-refractivity contribution in [3.63, 3.8) is 0 Å². The lowest BCUT2D eigenvalue weighted by Crippen LogP contribution is -2.14. The van der Waals surface area contributed by atoms with Crippen molar-refractivity contribution in [1.82, 2.24) is 0 Å². The van der Waals surface area contributed by atoms with Gasteiger partial charge < -0.3 is 20.7 Å². The van der Waals surface area contributed by atoms with Crippen molar-refractivity contribution in [1.29, 1.82) is 0 Å². The summed E-state index contributed by atoms with van der Waals surface area (Å²) < 4.78 is 4.97. The summed E-state index contributed by atoms with van der Waals surface area (Å²) in [5.41, 5.74) is 7.08. The number of nitrogens with two attached hydrogens (primary N) is 1. The van der Waals surface area contributed by atoms with Crippen LogP contribution >= 0.6 is 0 Å². The molecule has 0 aliphatic heterocycles. The van der Waals surface area contributed by atoms with Crippen molar-refractivity contribution < 1.29 is 14.9 Å². The lowest BCUT2D eigenvalue weighted by atomic mass is 10.0. The molecule has 0 aliphatic carbocycles. The predicted molar refractivity (Wildman–Crippen MR) is 53.4 cm³/mol. The van der Waals surface area contributed by atoms with E-state index in [1.54, 1.807) is 19.1 Å². The zero-order valence-corrected chi connectivity index (χ0v) is 8.32. The third-order valence-corrected chi connectivity index (χ3v) is 2.13. The van der Waals surface area contributed by atoms with Crippen LogP contribution in [0.15, 0.2) is 12.1 Å². The standard InChI is InChI=1S/C10H15NO3/c1-6-3-7(8(11)5-12)4-9(14-2)10(6)13/h3-4,8,12-13H,5,11H2,1-2H3. The Morgan fingerprint density at radius 2 is 2.14 bits per heavy atom. The van der Waals surface area contributed by atoms with Crippen molar-refractivity contribution >= 4 is 0 Å². The molecule has 0 saturated carbocycles. The molecule has 0 bridgehead atoms. The number of aryl methyl sites for hydroxylation is 1. The second-order valence-corrected chi connectivity index (χ2v) is 3.18. The summed E-state index contributed by atoms with van der Waals surface area (Å²) in [4.78, 5) is 0. The Morgan fingerprint density at radius 3 is 2.64 bits per heavy atom. The molecule has 4 nitrogen and oxygen atoms in total. The van der Waals surface area contributed by atoms with Crippen molar-refractivity contribution in [2.75, 3.05) is 13.7 Å². The first kappa shape index (κ1) is 10.8. The van der Waals surface area contributed by atoms with E-state index in [0.717, 1.165) is 5.56 Å². The molecule has 4 N–H and O–H groups in total. The highest BCUT2D eigenvalue weighted by Gasteiger charge is 2.11. The second kappa shape index (κ2) is 4.30. The van der Waals surface area contributed by atoms with E-state index in [1.165, 1.54) is 7.11 Å². The fraction of sp³-hybridized carbons (Fsp3) is 0.400. The molecule has 0 radical (unpaired) electrons. The molecule has 1 aromatic carbocycles. The van der Waals surface area contributed by atoms with Crippen LogP contribution in [0.5, 0.6) is 11.5 Å². The lowest BCUT2D eigenvalue weighted by Gasteiger charge is -2.13. The topological polar surface area (TPSA) is 75.7 Å². The Balaban J connectivity index is 3.16. The highest BCUT2D eigenvalue weighted by molar-refractivity contribution is 5.48. The molecule has 1 rings (SSSR count). The van der Waals surface area contributed by atoms with E-state index < -0.39 is 6.04 Å². The van der Waals surface area contributed by atoms with Crippen molar-refractivity contribution in [2.24, 2.45) is 5.73 Å². The average molecular weight is 197 g/mol. The molecule has 0 saturated heterocycles. The Kier molecular flexibility index (Phi) is 3.33. The first-order valence-electron chi connectivity index (χ1n) is 4.34. The lowest BCUT2D eigenvalue weighted by molar-refractivity contribution is 0.267. The van der Waals surface area contributed by atoms with E-state index in [1.807, 2.05) is 0 Å². The third kappa shape index (κ3) is 1.97. The summed E-state index contributed by atoms with van der Waals surface area (Å²) >= 11 is 0. The molecule has 0 spiro atoms. The molecule has 0 amide bonds. The van der Waals surface area contributed by atoms with Gasteiger partial charge in [-0.3, -0.25) is 0 Å². The minimum Gasteiger partial charge on any atom is -0.504 e. The summed E-state index contributed by atoms with van der Waals surface area (Å²) in [5.74, 6) is 0.491. The van der Waals surface area contributed by atoms with Gasteiger partial charge >= 0.3 is 0 Å². The molecule has 1 aromatic rings. The Morgan fingerprint density at radius 1 is 1.50 bits per heavy atom. The van der Waals surface area contributed by atoms with Crippen LogP contribution in [0.4, 0.5) is 0 Å². The molecule has 4 heteroatoms. The summed E-state index contributed by atoms with van der Waals surface area (Å²) in [5, 5.41) is 18.4. The summed E-state index contributed by atoms with van der Waals surface area (Å²) in [6.07, 6.45) is 0. The molecule has 0 heterocycles. The smallest absolute Gasteiger partial charge is 0.161 e. The quantitative estimate of drug-likeness (QED) is 0.666. The number of methoxy groups -OCH3 is 1. The van der Waals surface area contributed by atoms with E-state index >= 15 is 0 Å². The number of aliphatic hydroxyl groups excluding tert-OH is 1. The van der Waals surface area contributed by atoms with E-state index in [2.05, 4.69) is 0 Å². The third-order valence-electron chi connectivity index (χ3n) is 2.13. The number of rotatable bonds is 3. The highest BCUT2D eigenvalue weighted by Crippen LogP contribution is 2.32. The number of hydrogen-bond donors (Lipinski definition) is 3. The van der Waals surface area contributed by atoms with Crippen LogP contribution in [0, 0.1) is 6.92 Å². The van der Waals surface area contributed by atoms with Crippen molar-refractivity contribution in [3.05, 3.63) is 23.3 Å². The predicted octanol–water partition coefficient (Wildman–Crippen LogP) is 0.701. The summed E-state index contributed by atoms with van der Waals surface area (Å²) in [6.45, 7) is 1.62. The van der Waals surface area contributed by atoms with Crippen LogP contribution < -0.4 is 10.5 Å². The molecule has 0 fully saturated rings. The van der Waals surface area contributed by atoms with Crippen LogP contribution in [-0.2, 0) is 0 Å². The number of benzene rings is 1. The molecular formula is C10H15NO3. The first-order valence-corrected chi connectivity index (χ1v) is 4.34. The Labute approximate surface area is 82.9 Å². The molecular weight excluding hydrogens is 182 g/mol. The van der Waals surface area contributed by atoms with Crippen LogP contribution in [0.2, 0.25) is 0 Å². The maximum absolute atomic E-state index is 9.55. The van der Waals surface area contributed by atoms with Gasteiger partial charge in [-0.25, -0.2) is 0 Å². The van der Waals surface area contributed by atoms with Crippen LogP contribution in [0.1, 0.15) is 17.2 Å². The van der Waals surface area contributed by atoms with Crippen LogP contribution in [0.3, 0.4) is 0 Å². The highest BCUT2D eigenvalue weighted by atomic mass is 16.5. The van der Waals surface area contributed by atoms with Gasteiger partial charge in [0.1, 0.15) is 0 Å². The van der Waals surface area contributed by atoms with Gasteiger partial charge in [-0.2, -0.15) is 0 Å². The van der Waals surface area contributed by atoms with Gasteiger partial charge in [0, 0.05) is 0 Å². The maximum Gasteiger partial charge on any atom is 0.161 e. The number of phenols is 1. The number of aliphatic hydroxyl groups is 1. The molecule has 0 aromatic heterocycles. The zero-order valence-electron chi connectivity index (χ0n) is 8.32. The van der Waals surface area contributed by atoms with Crippen molar-refractivity contribution in [2.45, 2.75) is 13.0 Å². The fourth-order valence-electron chi connectivity index (χ4n) is 1.25. The Bertz CT molecular complexity index is 325. The molecule has 1 atom stereocenters. The van der Waals surface area contributed by atoms with Gasteiger partial charge in [0.2, 0.25) is 0 Å². The van der Waals surface area contributed by atoms with E-state index in [0.29, 0.717) is 11.3 Å². The summed E-state index contributed by atoms with van der Waals surface area (Å²) in [7, 11) is 1.47. The normalized spacial score (nSPS) is 12.6. The molecule has 14 heavy (non-hydrogen) atoms. The number of aromatic hydroxyl groups is 1. The number of phenolic OH excluding ortho intramolecular Hbond substituents is 1. The first-order chi connectivity index (χ1) is 6.60. The minimum absolute atomic E-state index is 0.112. The van der Waals surface area contributed by atoms with Crippen molar-refractivity contribution in [3.8, 4) is 11.5 Å². The van der Waals surface area contributed by atoms with Gasteiger partial charge in [-0.15, -0.1) is 0 Å². The molecule has 78 valence electrons. The monoisotopic (exact) mass is 197 g/mol. The number of hydrogen-bond acceptors (Lipinski definition) is 4. The largest absolute Gasteiger partial charge is 0.504 e. The van der Waals surface area contributed by atoms with Gasteiger partial charge in [0.15, 0.2) is 11.5 Å². The molecule has 1 unspecified atom stereocenters. The van der Waals surface area contributed by atoms with Gasteiger partial charge in [-0.1, -0.05) is 6.07 Å². The van der Waals surface area contributed by atoms with E-state index in [9.17, 15) is 5.11 Å². The van der Waals surface area contributed by atoms with Crippen LogP contribution in [-0.4, -0.2) is 23.9 Å². The van der Waals surface area contributed by atoms with Crippen LogP contribution in [0.25, 0.3) is 0 Å². The van der Waals surface area contributed by atoms with E-state index in [4.69, 9.17) is 15.6 Å². The van der Waals surface area contributed by atoms with Gasteiger partial charge in [-0.05, 0) is 24.1 Å². The Hall–Kier alpha value is -1.26. The maximum atomic E-state index is 9.55. The minimum atomic E-state index is -0.441. The SMILES string of the molecule is COc1cc(C(N)CO)cc(C)c1O. The average Bonchev–Trinajstić information content (AvgIpc) is 2.20. The fourth-order valence-corrected chi connectivity index (χ4v) is 1.25. The zero-order chi connectivity index (χ0) is 10.7. The van der Waals surface area contributed by atoms with Gasteiger partial charge in [0.05, 0.1) is 19.8 Å². The second-order valence-electron chi connectivity index (χ2n) is 3.18. The van der Waals surface area contributed by atoms with E-state index in [-0.39, 0.29) is 12.4 Å².